The number of nitrogens with zero attached hydrogens (tertiary/aromatic N) is 1. The molecule has 0 N–H and O–H groups in total. The molecule has 126 valence electrons. The van der Waals surface area contributed by atoms with Gasteiger partial charge in [0.05, 0.1) is 32.9 Å². The van der Waals surface area contributed by atoms with Crippen LogP contribution in [-0.4, -0.2) is 53.1 Å². The van der Waals surface area contributed by atoms with Crippen molar-refractivity contribution in [2.45, 2.75) is 11.8 Å². The van der Waals surface area contributed by atoms with E-state index in [1.807, 2.05) is 0 Å². The van der Waals surface area contributed by atoms with Crippen molar-refractivity contribution in [2.75, 3.05) is 34.5 Å². The smallest absolute Gasteiger partial charge is 0.271 e. The van der Waals surface area contributed by atoms with Crippen molar-refractivity contribution in [3.05, 3.63) is 29.3 Å². The summed E-state index contributed by atoms with van der Waals surface area (Å²) in [7, 11) is 0.369. The highest BCUT2D eigenvalue weighted by atomic mass is 32.2. The van der Waals surface area contributed by atoms with Gasteiger partial charge < -0.3 is 14.2 Å². The number of amides is 1. The van der Waals surface area contributed by atoms with Crippen LogP contribution in [-0.2, 0) is 14.8 Å². The zero-order valence-electron chi connectivity index (χ0n) is 13.5. The number of hydrogen-bond donors (Lipinski definition) is 0. The van der Waals surface area contributed by atoms with Gasteiger partial charge in [-0.25, -0.2) is 12.7 Å². The van der Waals surface area contributed by atoms with Gasteiger partial charge in [0.25, 0.3) is 15.9 Å². The van der Waals surface area contributed by atoms with Gasteiger partial charge in [-0.15, -0.1) is 0 Å². The molecule has 0 fully saturated rings. The molecule has 1 aliphatic rings. The Balaban J connectivity index is 2.48. The van der Waals surface area contributed by atoms with Gasteiger partial charge in [0.1, 0.15) is 16.4 Å². The van der Waals surface area contributed by atoms with Gasteiger partial charge in [0, 0.05) is 13.2 Å². The summed E-state index contributed by atoms with van der Waals surface area (Å²) in [6.07, 6.45) is 1.65. The monoisotopic (exact) mass is 341 g/mol. The van der Waals surface area contributed by atoms with Crippen LogP contribution in [0.15, 0.2) is 28.7 Å². The van der Waals surface area contributed by atoms with Crippen LogP contribution in [0.5, 0.6) is 11.5 Å². The fourth-order valence-electron chi connectivity index (χ4n) is 2.33. The molecule has 1 aliphatic heterocycles. The predicted octanol–water partition coefficient (Wildman–Crippen LogP) is 1.44. The first-order chi connectivity index (χ1) is 10.9. The number of carbonyl (C=O) groups excluding carboxylic acids is 1. The number of methoxy groups -OCH3 is 3. The van der Waals surface area contributed by atoms with Crippen molar-refractivity contribution in [3.8, 4) is 11.5 Å². The number of hydrogen-bond acceptors (Lipinski definition) is 6. The number of carbonyl (C=O) groups is 1. The maximum Gasteiger partial charge on any atom is 0.271 e. The van der Waals surface area contributed by atoms with Crippen LogP contribution in [0.4, 0.5) is 0 Å². The highest BCUT2D eigenvalue weighted by Crippen LogP contribution is 2.40. The third-order valence-corrected chi connectivity index (χ3v) is 5.30. The summed E-state index contributed by atoms with van der Waals surface area (Å²) in [6, 6.07) is 2.85. The average Bonchev–Trinajstić information content (AvgIpc) is 2.71. The van der Waals surface area contributed by atoms with Gasteiger partial charge in [-0.1, -0.05) is 11.6 Å². The second-order valence-electron chi connectivity index (χ2n) is 5.03. The van der Waals surface area contributed by atoms with E-state index in [1.165, 1.54) is 26.4 Å². The second kappa shape index (κ2) is 6.59. The minimum Gasteiger partial charge on any atom is -0.497 e. The minimum absolute atomic E-state index is 0.0546. The molecule has 0 saturated carbocycles. The molecule has 1 heterocycles. The molecule has 0 bridgehead atoms. The number of sulfonamides is 1. The first-order valence-electron chi connectivity index (χ1n) is 6.84. The molecule has 0 saturated heterocycles. The fourth-order valence-corrected chi connectivity index (χ4v) is 3.96. The van der Waals surface area contributed by atoms with Crippen LogP contribution >= 0.6 is 0 Å². The number of rotatable bonds is 6. The number of benzene rings is 1. The predicted molar refractivity (Wildman–Crippen MR) is 83.4 cm³/mol. The van der Waals surface area contributed by atoms with E-state index in [-0.39, 0.29) is 22.8 Å². The van der Waals surface area contributed by atoms with Gasteiger partial charge in [0.15, 0.2) is 0 Å². The zero-order valence-corrected chi connectivity index (χ0v) is 14.3. The molecule has 0 aromatic heterocycles. The van der Waals surface area contributed by atoms with Crippen LogP contribution in [0.2, 0.25) is 0 Å². The van der Waals surface area contributed by atoms with E-state index in [2.05, 4.69) is 0 Å². The molecule has 0 spiro atoms. The van der Waals surface area contributed by atoms with Gasteiger partial charge >= 0.3 is 0 Å². The SMILES string of the molecule is COC/C(C)=C/CN1C(=O)c2cc(OC)cc(OC)c2S1(=O)=O. The maximum absolute atomic E-state index is 12.7. The van der Waals surface area contributed by atoms with E-state index in [1.54, 1.807) is 20.1 Å². The average molecular weight is 341 g/mol. The Kier molecular flexibility index (Phi) is 4.96. The molecule has 0 aliphatic carbocycles. The van der Waals surface area contributed by atoms with Crippen LogP contribution < -0.4 is 9.47 Å². The Labute approximate surface area is 135 Å². The molecule has 1 aromatic carbocycles. The Morgan fingerprint density at radius 3 is 2.48 bits per heavy atom. The van der Waals surface area contributed by atoms with Crippen molar-refractivity contribution in [3.63, 3.8) is 0 Å². The van der Waals surface area contributed by atoms with Gasteiger partial charge in [-0.05, 0) is 13.0 Å². The summed E-state index contributed by atoms with van der Waals surface area (Å²) in [5.41, 5.74) is 0.884. The van der Waals surface area contributed by atoms with E-state index < -0.39 is 15.9 Å². The van der Waals surface area contributed by atoms with E-state index in [9.17, 15) is 13.2 Å². The minimum atomic E-state index is -3.96. The molecule has 1 aromatic rings. The van der Waals surface area contributed by atoms with Crippen LogP contribution in [0, 0.1) is 0 Å². The lowest BCUT2D eigenvalue weighted by Crippen LogP contribution is -2.30. The normalized spacial score (nSPS) is 16.4. The van der Waals surface area contributed by atoms with E-state index in [4.69, 9.17) is 14.2 Å². The van der Waals surface area contributed by atoms with Crippen molar-refractivity contribution >= 4 is 15.9 Å². The van der Waals surface area contributed by atoms with Gasteiger partial charge in [-0.2, -0.15) is 0 Å². The number of ether oxygens (including phenoxy) is 3. The third-order valence-electron chi connectivity index (χ3n) is 3.47. The summed E-state index contributed by atoms with van der Waals surface area (Å²) < 4.78 is 41.3. The molecular weight excluding hydrogens is 322 g/mol. The molecule has 0 atom stereocenters. The number of fused-ring (bicyclic) bond motifs is 1. The summed E-state index contributed by atoms with van der Waals surface area (Å²) in [5.74, 6) is -0.149. The molecule has 0 unspecified atom stereocenters. The van der Waals surface area contributed by atoms with Crippen LogP contribution in [0.25, 0.3) is 0 Å². The Morgan fingerprint density at radius 2 is 1.91 bits per heavy atom. The van der Waals surface area contributed by atoms with Crippen LogP contribution in [0.1, 0.15) is 17.3 Å². The maximum atomic E-state index is 12.7. The fraction of sp³-hybridized carbons (Fsp3) is 0.400. The largest absolute Gasteiger partial charge is 0.497 e. The van der Waals surface area contributed by atoms with Gasteiger partial charge in [0.2, 0.25) is 0 Å². The standard InChI is InChI=1S/C15H19NO6S/c1-10(9-20-2)5-6-16-15(17)12-7-11(21-3)8-13(22-4)14(12)23(16,18)19/h5,7-8H,6,9H2,1-4H3/b10-5+. The van der Waals surface area contributed by atoms with Crippen molar-refractivity contribution in [2.24, 2.45) is 0 Å². The zero-order chi connectivity index (χ0) is 17.2. The van der Waals surface area contributed by atoms with E-state index in [0.29, 0.717) is 12.4 Å². The topological polar surface area (TPSA) is 82.1 Å². The lowest BCUT2D eigenvalue weighted by Gasteiger charge is -2.13. The van der Waals surface area contributed by atoms with Gasteiger partial charge in [-0.3, -0.25) is 4.79 Å². The Morgan fingerprint density at radius 1 is 1.22 bits per heavy atom. The molecular formula is C15H19NO6S. The molecule has 7 nitrogen and oxygen atoms in total. The second-order valence-corrected chi connectivity index (χ2v) is 6.83. The molecule has 8 heteroatoms. The highest BCUT2D eigenvalue weighted by Gasteiger charge is 2.43. The van der Waals surface area contributed by atoms with Crippen LogP contribution in [0.3, 0.4) is 0 Å². The lowest BCUT2D eigenvalue weighted by molar-refractivity contribution is 0.0879. The summed E-state index contributed by atoms with van der Waals surface area (Å²) in [5, 5.41) is 0. The molecule has 0 radical (unpaired) electrons. The first-order valence-corrected chi connectivity index (χ1v) is 8.28. The third kappa shape index (κ3) is 3.04. The van der Waals surface area contributed by atoms with Crippen molar-refractivity contribution in [1.29, 1.82) is 0 Å². The first kappa shape index (κ1) is 17.3. The summed E-state index contributed by atoms with van der Waals surface area (Å²) in [6.45, 7) is 2.11. The molecule has 2 rings (SSSR count). The summed E-state index contributed by atoms with van der Waals surface area (Å²) in [4.78, 5) is 12.4. The Hall–Kier alpha value is -2.06. The van der Waals surface area contributed by atoms with Crippen molar-refractivity contribution < 1.29 is 27.4 Å². The molecule has 23 heavy (non-hydrogen) atoms. The highest BCUT2D eigenvalue weighted by molar-refractivity contribution is 7.90. The Bertz CT molecular complexity index is 753. The molecule has 1 amide bonds. The lowest BCUT2D eigenvalue weighted by atomic mass is 10.2. The quantitative estimate of drug-likeness (QED) is 0.728. The van der Waals surface area contributed by atoms with E-state index >= 15 is 0 Å². The van der Waals surface area contributed by atoms with E-state index in [0.717, 1.165) is 9.88 Å². The van der Waals surface area contributed by atoms with Crippen molar-refractivity contribution in [1.82, 2.24) is 4.31 Å². The summed E-state index contributed by atoms with van der Waals surface area (Å²) >= 11 is 0.